The van der Waals surface area contributed by atoms with Crippen molar-refractivity contribution in [1.82, 2.24) is 24.4 Å². The van der Waals surface area contributed by atoms with Gasteiger partial charge in [0.15, 0.2) is 0 Å². The summed E-state index contributed by atoms with van der Waals surface area (Å²) >= 11 is 6.41. The molecule has 0 unspecified atom stereocenters. The zero-order chi connectivity index (χ0) is 24.3. The van der Waals surface area contributed by atoms with Crippen LogP contribution in [0.1, 0.15) is 56.7 Å². The SMILES string of the molecule is CC(C)[C@H]1CN(C)C(=O)N1c1ccnc(NC2(c3cn(-c4cc(Cl)cc(C5CC5)c4)cn3)CC2)n1. The van der Waals surface area contributed by atoms with Crippen LogP contribution < -0.4 is 10.2 Å². The molecular formula is C26H30ClN7O. The molecule has 1 aliphatic heterocycles. The molecule has 6 rings (SSSR count). The van der Waals surface area contributed by atoms with Crippen LogP contribution in [0, 0.1) is 5.92 Å². The molecule has 1 aromatic carbocycles. The Morgan fingerprint density at radius 3 is 2.69 bits per heavy atom. The Labute approximate surface area is 210 Å². The molecule has 2 amide bonds. The van der Waals surface area contributed by atoms with Crippen LogP contribution in [0.4, 0.5) is 16.6 Å². The van der Waals surface area contributed by atoms with Crippen molar-refractivity contribution in [1.29, 1.82) is 0 Å². The minimum atomic E-state index is -0.301. The zero-order valence-corrected chi connectivity index (χ0v) is 21.0. The van der Waals surface area contributed by atoms with Crippen LogP contribution in [0.15, 0.2) is 43.0 Å². The lowest BCUT2D eigenvalue weighted by atomic mass is 10.0. The van der Waals surface area contributed by atoms with E-state index in [9.17, 15) is 4.79 Å². The molecule has 3 fully saturated rings. The summed E-state index contributed by atoms with van der Waals surface area (Å²) in [5.74, 6) is 2.09. The average Bonchev–Trinajstić information content (AvgIpc) is 3.75. The number of rotatable bonds is 7. The molecule has 3 aliphatic rings. The maximum atomic E-state index is 12.8. The first-order valence-electron chi connectivity index (χ1n) is 12.3. The van der Waals surface area contributed by atoms with Gasteiger partial charge in [0.1, 0.15) is 5.82 Å². The predicted octanol–water partition coefficient (Wildman–Crippen LogP) is 5.19. The van der Waals surface area contributed by atoms with Gasteiger partial charge >= 0.3 is 6.03 Å². The number of likely N-dealkylation sites (N-methyl/N-ethyl adjacent to an activating group) is 1. The standard InChI is InChI=1S/C26H30ClN7O/c1-16(2)21-13-32(3)25(35)34(21)23-6-9-28-24(30-23)31-26(7-8-26)22-14-33(15-29-22)20-11-18(17-4-5-17)10-19(27)12-20/h6,9-12,14-17,21H,4-5,7-8,13H2,1-3H3,(H,28,30,31)/t21-/m1/s1. The van der Waals surface area contributed by atoms with Gasteiger partial charge in [0.25, 0.3) is 0 Å². The number of amides is 2. The van der Waals surface area contributed by atoms with Gasteiger partial charge in [-0.1, -0.05) is 25.4 Å². The third-order valence-corrected chi connectivity index (χ3v) is 7.63. The number of hydrogen-bond acceptors (Lipinski definition) is 5. The fourth-order valence-corrected chi connectivity index (χ4v) is 5.22. The van der Waals surface area contributed by atoms with Gasteiger partial charge < -0.3 is 14.8 Å². The van der Waals surface area contributed by atoms with Crippen LogP contribution >= 0.6 is 11.6 Å². The molecule has 2 aromatic heterocycles. The molecule has 1 N–H and O–H groups in total. The van der Waals surface area contributed by atoms with Gasteiger partial charge in [-0.25, -0.2) is 14.8 Å². The van der Waals surface area contributed by atoms with E-state index in [1.54, 1.807) is 16.0 Å². The summed E-state index contributed by atoms with van der Waals surface area (Å²) < 4.78 is 2.04. The minimum absolute atomic E-state index is 0.0275. The molecule has 2 saturated carbocycles. The number of benzene rings is 1. The topological polar surface area (TPSA) is 79.2 Å². The highest BCUT2D eigenvalue weighted by Crippen LogP contribution is 2.47. The first-order valence-corrected chi connectivity index (χ1v) is 12.7. The van der Waals surface area contributed by atoms with Crippen molar-refractivity contribution < 1.29 is 4.79 Å². The van der Waals surface area contributed by atoms with Crippen LogP contribution in [0.2, 0.25) is 5.02 Å². The Morgan fingerprint density at radius 1 is 1.17 bits per heavy atom. The van der Waals surface area contributed by atoms with Gasteiger partial charge in [-0.05, 0) is 67.3 Å². The Balaban J connectivity index is 1.24. The summed E-state index contributed by atoms with van der Waals surface area (Å²) in [5, 5.41) is 4.28. The van der Waals surface area contributed by atoms with Crippen molar-refractivity contribution in [2.24, 2.45) is 5.92 Å². The molecule has 3 aromatic rings. The first-order chi connectivity index (χ1) is 16.8. The number of nitrogens with zero attached hydrogens (tertiary/aromatic N) is 6. The predicted molar refractivity (Wildman–Crippen MR) is 136 cm³/mol. The number of aromatic nitrogens is 4. The number of hydrogen-bond donors (Lipinski definition) is 1. The molecule has 9 heteroatoms. The number of imidazole rings is 1. The van der Waals surface area contributed by atoms with E-state index in [1.807, 2.05) is 30.1 Å². The van der Waals surface area contributed by atoms with Crippen molar-refractivity contribution in [3.05, 3.63) is 59.3 Å². The molecular weight excluding hydrogens is 462 g/mol. The third-order valence-electron chi connectivity index (χ3n) is 7.41. The minimum Gasteiger partial charge on any atom is -0.343 e. The van der Waals surface area contributed by atoms with E-state index in [4.69, 9.17) is 21.6 Å². The number of halogens is 1. The van der Waals surface area contributed by atoms with E-state index in [1.165, 1.54) is 18.4 Å². The maximum Gasteiger partial charge on any atom is 0.325 e. The van der Waals surface area contributed by atoms with Crippen LogP contribution in [0.5, 0.6) is 0 Å². The molecule has 2 aliphatic carbocycles. The summed E-state index contributed by atoms with van der Waals surface area (Å²) in [6, 6.07) is 8.13. The quantitative estimate of drug-likeness (QED) is 0.492. The van der Waals surface area contributed by atoms with E-state index >= 15 is 0 Å². The van der Waals surface area contributed by atoms with E-state index in [2.05, 4.69) is 42.5 Å². The van der Waals surface area contributed by atoms with Gasteiger partial charge in [-0.15, -0.1) is 0 Å². The van der Waals surface area contributed by atoms with E-state index in [-0.39, 0.29) is 17.6 Å². The number of anilines is 2. The van der Waals surface area contributed by atoms with Gasteiger partial charge in [0.2, 0.25) is 5.95 Å². The Morgan fingerprint density at radius 2 is 1.97 bits per heavy atom. The molecule has 0 spiro atoms. The van der Waals surface area contributed by atoms with Crippen molar-refractivity contribution in [2.45, 2.75) is 57.0 Å². The molecule has 35 heavy (non-hydrogen) atoms. The Kier molecular flexibility index (Phi) is 5.25. The number of urea groups is 1. The fraction of sp³-hybridized carbons (Fsp3) is 0.462. The number of carbonyl (C=O) groups is 1. The van der Waals surface area contributed by atoms with E-state index < -0.39 is 0 Å². The molecule has 8 nitrogen and oxygen atoms in total. The lowest BCUT2D eigenvalue weighted by molar-refractivity contribution is 0.229. The number of carbonyl (C=O) groups excluding carboxylic acids is 1. The normalized spacial score (nSPS) is 21.2. The molecule has 182 valence electrons. The maximum absolute atomic E-state index is 12.8. The smallest absolute Gasteiger partial charge is 0.325 e. The molecule has 1 saturated heterocycles. The van der Waals surface area contributed by atoms with Crippen LogP contribution in [-0.2, 0) is 5.54 Å². The molecule has 1 atom stereocenters. The molecule has 3 heterocycles. The van der Waals surface area contributed by atoms with Crippen LogP contribution in [0.25, 0.3) is 5.69 Å². The largest absolute Gasteiger partial charge is 0.343 e. The second kappa shape index (κ2) is 8.22. The summed E-state index contributed by atoms with van der Waals surface area (Å²) in [7, 11) is 1.83. The van der Waals surface area contributed by atoms with Crippen molar-refractivity contribution in [3.63, 3.8) is 0 Å². The van der Waals surface area contributed by atoms with E-state index in [0.29, 0.717) is 30.1 Å². The fourth-order valence-electron chi connectivity index (χ4n) is 4.98. The summed E-state index contributed by atoms with van der Waals surface area (Å²) in [6.07, 6.45) is 9.99. The summed E-state index contributed by atoms with van der Waals surface area (Å²) in [5.41, 5.74) is 2.99. The number of nitrogens with one attached hydrogen (secondary N) is 1. The molecule has 0 bridgehead atoms. The van der Waals surface area contributed by atoms with Gasteiger partial charge in [0.05, 0.1) is 23.6 Å². The van der Waals surface area contributed by atoms with Gasteiger partial charge in [-0.2, -0.15) is 4.98 Å². The molecule has 0 radical (unpaired) electrons. The Bertz CT molecular complexity index is 1280. The first kappa shape index (κ1) is 22.3. The van der Waals surface area contributed by atoms with Crippen LogP contribution in [0.3, 0.4) is 0 Å². The highest BCUT2D eigenvalue weighted by molar-refractivity contribution is 6.30. The van der Waals surface area contributed by atoms with Crippen molar-refractivity contribution >= 4 is 29.4 Å². The third kappa shape index (κ3) is 4.14. The summed E-state index contributed by atoms with van der Waals surface area (Å²) in [6.45, 7) is 4.96. The average molecular weight is 492 g/mol. The second-order valence-corrected chi connectivity index (χ2v) is 10.9. The van der Waals surface area contributed by atoms with Crippen LogP contribution in [-0.4, -0.2) is 50.1 Å². The Hall–Kier alpha value is -3.13. The highest BCUT2D eigenvalue weighted by Gasteiger charge is 2.47. The van der Waals surface area contributed by atoms with Crippen molar-refractivity contribution in [3.8, 4) is 5.69 Å². The van der Waals surface area contributed by atoms with Crippen molar-refractivity contribution in [2.75, 3.05) is 23.8 Å². The highest BCUT2D eigenvalue weighted by atomic mass is 35.5. The zero-order valence-electron chi connectivity index (χ0n) is 20.3. The summed E-state index contributed by atoms with van der Waals surface area (Å²) in [4.78, 5) is 30.3. The lowest BCUT2D eigenvalue weighted by Crippen LogP contribution is -2.38. The van der Waals surface area contributed by atoms with Gasteiger partial charge in [-0.3, -0.25) is 4.90 Å². The monoisotopic (exact) mass is 491 g/mol. The van der Waals surface area contributed by atoms with Gasteiger partial charge in [0, 0.05) is 36.7 Å². The second-order valence-electron chi connectivity index (χ2n) is 10.5. The van der Waals surface area contributed by atoms with E-state index in [0.717, 1.165) is 29.2 Å². The lowest BCUT2D eigenvalue weighted by Gasteiger charge is -2.25.